The molecule has 1 aliphatic heterocycles. The fraction of sp³-hybridized carbons (Fsp3) is 0.333. The van der Waals surface area contributed by atoms with Gasteiger partial charge in [0.1, 0.15) is 5.01 Å². The number of amides is 1. The summed E-state index contributed by atoms with van der Waals surface area (Å²) in [4.78, 5) is 18.5. The SMILES string of the molecule is CC(=O)N1CCc2nc(-c3cccc(C(F)(F)F)c3)sc2C1. The van der Waals surface area contributed by atoms with E-state index in [2.05, 4.69) is 4.98 Å². The van der Waals surface area contributed by atoms with E-state index in [9.17, 15) is 18.0 Å². The Morgan fingerprint density at radius 1 is 1.36 bits per heavy atom. The van der Waals surface area contributed by atoms with E-state index < -0.39 is 11.7 Å². The molecule has 1 amide bonds. The van der Waals surface area contributed by atoms with Gasteiger partial charge in [-0.1, -0.05) is 12.1 Å². The zero-order chi connectivity index (χ0) is 15.9. The van der Waals surface area contributed by atoms with Gasteiger partial charge >= 0.3 is 6.18 Å². The lowest BCUT2D eigenvalue weighted by Crippen LogP contribution is -2.33. The second-order valence-corrected chi connectivity index (χ2v) is 6.24. The van der Waals surface area contributed by atoms with E-state index >= 15 is 0 Å². The van der Waals surface area contributed by atoms with Crippen LogP contribution in [-0.2, 0) is 23.9 Å². The number of aromatic nitrogens is 1. The van der Waals surface area contributed by atoms with E-state index in [-0.39, 0.29) is 5.91 Å². The minimum atomic E-state index is -4.36. The summed E-state index contributed by atoms with van der Waals surface area (Å²) < 4.78 is 38.4. The molecule has 0 fully saturated rings. The largest absolute Gasteiger partial charge is 0.416 e. The Hall–Kier alpha value is -1.89. The molecule has 1 aromatic carbocycles. The molecule has 3 nitrogen and oxygen atoms in total. The molecule has 1 aliphatic rings. The highest BCUT2D eigenvalue weighted by molar-refractivity contribution is 7.15. The molecule has 0 saturated heterocycles. The molecular weight excluding hydrogens is 313 g/mol. The lowest BCUT2D eigenvalue weighted by Gasteiger charge is -2.24. The number of thiazole rings is 1. The smallest absolute Gasteiger partial charge is 0.337 e. The lowest BCUT2D eigenvalue weighted by molar-refractivity contribution is -0.137. The van der Waals surface area contributed by atoms with E-state index in [0.29, 0.717) is 30.1 Å². The molecule has 2 heterocycles. The molecule has 22 heavy (non-hydrogen) atoms. The Bertz CT molecular complexity index is 724. The number of hydrogen-bond acceptors (Lipinski definition) is 3. The molecule has 3 rings (SSSR count). The van der Waals surface area contributed by atoms with E-state index in [1.165, 1.54) is 24.3 Å². The number of alkyl halides is 3. The molecule has 0 atom stereocenters. The topological polar surface area (TPSA) is 33.2 Å². The zero-order valence-corrected chi connectivity index (χ0v) is 12.6. The summed E-state index contributed by atoms with van der Waals surface area (Å²) in [5.41, 5.74) is 0.669. The van der Waals surface area contributed by atoms with Crippen LogP contribution >= 0.6 is 11.3 Å². The summed E-state index contributed by atoms with van der Waals surface area (Å²) in [6.07, 6.45) is -3.72. The summed E-state index contributed by atoms with van der Waals surface area (Å²) in [6, 6.07) is 5.18. The van der Waals surface area contributed by atoms with Gasteiger partial charge in [0.2, 0.25) is 5.91 Å². The Morgan fingerprint density at radius 3 is 2.82 bits per heavy atom. The van der Waals surface area contributed by atoms with Crippen molar-refractivity contribution in [1.82, 2.24) is 9.88 Å². The first-order valence-corrected chi connectivity index (χ1v) is 7.58. The quantitative estimate of drug-likeness (QED) is 0.800. The first kappa shape index (κ1) is 15.0. The monoisotopic (exact) mass is 326 g/mol. The van der Waals surface area contributed by atoms with Gasteiger partial charge in [0, 0.05) is 30.3 Å². The summed E-state index contributed by atoms with van der Waals surface area (Å²) in [5, 5.41) is 0.571. The van der Waals surface area contributed by atoms with Crippen LogP contribution in [0.3, 0.4) is 0 Å². The van der Waals surface area contributed by atoms with Crippen molar-refractivity contribution in [3.05, 3.63) is 40.4 Å². The van der Waals surface area contributed by atoms with Gasteiger partial charge in [-0.2, -0.15) is 13.2 Å². The average molecular weight is 326 g/mol. The minimum absolute atomic E-state index is 0.000307. The van der Waals surface area contributed by atoms with Gasteiger partial charge in [-0.25, -0.2) is 4.98 Å². The second-order valence-electron chi connectivity index (χ2n) is 5.16. The molecule has 1 aromatic heterocycles. The average Bonchev–Trinajstić information content (AvgIpc) is 2.89. The van der Waals surface area contributed by atoms with Crippen LogP contribution in [0.1, 0.15) is 23.1 Å². The Kier molecular flexibility index (Phi) is 3.68. The molecule has 0 bridgehead atoms. The van der Waals surface area contributed by atoms with Gasteiger partial charge in [0.05, 0.1) is 17.8 Å². The number of nitrogens with zero attached hydrogens (tertiary/aromatic N) is 2. The number of carbonyl (C=O) groups is 1. The van der Waals surface area contributed by atoms with Crippen LogP contribution in [0.5, 0.6) is 0 Å². The molecule has 116 valence electrons. The maximum Gasteiger partial charge on any atom is 0.416 e. The number of hydrogen-bond donors (Lipinski definition) is 0. The summed E-state index contributed by atoms with van der Waals surface area (Å²) in [6.45, 7) is 2.61. The number of fused-ring (bicyclic) bond motifs is 1. The molecule has 0 radical (unpaired) electrons. The van der Waals surface area contributed by atoms with E-state index in [0.717, 1.165) is 22.7 Å². The number of rotatable bonds is 1. The Morgan fingerprint density at radius 2 is 2.14 bits per heavy atom. The van der Waals surface area contributed by atoms with Crippen LogP contribution in [0.25, 0.3) is 10.6 Å². The van der Waals surface area contributed by atoms with E-state index in [4.69, 9.17) is 0 Å². The van der Waals surface area contributed by atoms with Crippen LogP contribution in [0.4, 0.5) is 13.2 Å². The van der Waals surface area contributed by atoms with Crippen molar-refractivity contribution in [3.8, 4) is 10.6 Å². The highest BCUT2D eigenvalue weighted by atomic mass is 32.1. The molecule has 0 unspecified atom stereocenters. The highest BCUT2D eigenvalue weighted by Gasteiger charge is 2.31. The summed E-state index contributed by atoms with van der Waals surface area (Å²) in [7, 11) is 0. The van der Waals surface area contributed by atoms with Crippen molar-refractivity contribution >= 4 is 17.2 Å². The Balaban J connectivity index is 1.93. The third-order valence-corrected chi connectivity index (χ3v) is 4.74. The Labute approximate surface area is 129 Å². The second kappa shape index (κ2) is 5.39. The van der Waals surface area contributed by atoms with Crippen molar-refractivity contribution in [1.29, 1.82) is 0 Å². The molecule has 2 aromatic rings. The molecule has 0 aliphatic carbocycles. The van der Waals surface area contributed by atoms with Crippen LogP contribution < -0.4 is 0 Å². The molecular formula is C15H13F3N2OS. The van der Waals surface area contributed by atoms with E-state index in [1.807, 2.05) is 0 Å². The molecule has 0 N–H and O–H groups in total. The molecule has 0 saturated carbocycles. The van der Waals surface area contributed by atoms with Crippen molar-refractivity contribution in [3.63, 3.8) is 0 Å². The predicted octanol–water partition coefficient (Wildman–Crippen LogP) is 3.73. The van der Waals surface area contributed by atoms with Crippen molar-refractivity contribution < 1.29 is 18.0 Å². The van der Waals surface area contributed by atoms with Gasteiger partial charge in [0.15, 0.2) is 0 Å². The van der Waals surface area contributed by atoms with Crippen LogP contribution in [0, 0.1) is 0 Å². The van der Waals surface area contributed by atoms with Crippen LogP contribution in [0.15, 0.2) is 24.3 Å². The maximum absolute atomic E-state index is 12.8. The summed E-state index contributed by atoms with van der Waals surface area (Å²) >= 11 is 1.36. The van der Waals surface area contributed by atoms with Gasteiger partial charge in [-0.3, -0.25) is 4.79 Å². The van der Waals surface area contributed by atoms with Crippen molar-refractivity contribution in [2.24, 2.45) is 0 Å². The van der Waals surface area contributed by atoms with E-state index in [1.54, 1.807) is 11.0 Å². The highest BCUT2D eigenvalue weighted by Crippen LogP contribution is 2.35. The predicted molar refractivity (Wildman–Crippen MR) is 77.3 cm³/mol. The standard InChI is InChI=1S/C15H13F3N2OS/c1-9(21)20-6-5-12-13(8-20)22-14(19-12)10-3-2-4-11(7-10)15(16,17)18/h2-4,7H,5-6,8H2,1H3. The molecule has 0 spiro atoms. The lowest BCUT2D eigenvalue weighted by atomic mass is 10.1. The first-order valence-electron chi connectivity index (χ1n) is 6.76. The fourth-order valence-electron chi connectivity index (χ4n) is 2.42. The number of halogens is 3. The zero-order valence-electron chi connectivity index (χ0n) is 11.8. The fourth-order valence-corrected chi connectivity index (χ4v) is 3.54. The molecule has 7 heteroatoms. The maximum atomic E-state index is 12.8. The van der Waals surface area contributed by atoms with Crippen LogP contribution in [0.2, 0.25) is 0 Å². The van der Waals surface area contributed by atoms with Gasteiger partial charge in [-0.15, -0.1) is 11.3 Å². The van der Waals surface area contributed by atoms with Crippen molar-refractivity contribution in [2.75, 3.05) is 6.54 Å². The van der Waals surface area contributed by atoms with Gasteiger partial charge in [0.25, 0.3) is 0 Å². The van der Waals surface area contributed by atoms with Gasteiger partial charge in [-0.05, 0) is 12.1 Å². The third kappa shape index (κ3) is 2.85. The minimum Gasteiger partial charge on any atom is -0.337 e. The first-order chi connectivity index (χ1) is 10.3. The van der Waals surface area contributed by atoms with Gasteiger partial charge < -0.3 is 4.90 Å². The number of carbonyl (C=O) groups excluding carboxylic acids is 1. The summed E-state index contributed by atoms with van der Waals surface area (Å²) in [5.74, 6) is -0.000307. The normalized spacial score (nSPS) is 14.8. The van der Waals surface area contributed by atoms with Crippen molar-refractivity contribution in [2.45, 2.75) is 26.1 Å². The van der Waals surface area contributed by atoms with Crippen LogP contribution in [-0.4, -0.2) is 22.3 Å². The number of benzene rings is 1. The third-order valence-electron chi connectivity index (χ3n) is 3.61.